The van der Waals surface area contributed by atoms with Crippen LogP contribution in [0.25, 0.3) is 5.70 Å². The van der Waals surface area contributed by atoms with Crippen LogP contribution in [0.5, 0.6) is 5.75 Å². The van der Waals surface area contributed by atoms with Gasteiger partial charge in [0.15, 0.2) is 11.3 Å². The lowest BCUT2D eigenvalue weighted by Crippen LogP contribution is -2.50. The normalized spacial score (nSPS) is 17.9. The minimum Gasteiger partial charge on any atom is -0.494 e. The Balaban J connectivity index is 1.92. The van der Waals surface area contributed by atoms with Crippen LogP contribution in [0.4, 0.5) is 0 Å². The van der Waals surface area contributed by atoms with E-state index in [4.69, 9.17) is 9.73 Å². The molecule has 28 heavy (non-hydrogen) atoms. The molecule has 2 aromatic carbocycles. The van der Waals surface area contributed by atoms with Gasteiger partial charge in [-0.25, -0.2) is 5.01 Å². The Labute approximate surface area is 175 Å². The first-order valence-corrected chi connectivity index (χ1v) is 10.9. The molecule has 0 aromatic heterocycles. The molecule has 4 rings (SSSR count). The highest BCUT2D eigenvalue weighted by Crippen LogP contribution is 2.32. The van der Waals surface area contributed by atoms with Crippen molar-refractivity contribution in [3.8, 4) is 5.75 Å². The number of amidine groups is 1. The van der Waals surface area contributed by atoms with Gasteiger partial charge in [0, 0.05) is 9.69 Å². The number of benzene rings is 2. The molecule has 2 aliphatic heterocycles. The maximum atomic E-state index is 12.9. The Morgan fingerprint density at radius 1 is 1.29 bits per heavy atom. The summed E-state index contributed by atoms with van der Waals surface area (Å²) in [5.74, 6) is 0.668. The van der Waals surface area contributed by atoms with Crippen molar-refractivity contribution in [2.24, 2.45) is 10.1 Å². The van der Waals surface area contributed by atoms with Gasteiger partial charge in [0.1, 0.15) is 11.4 Å². The van der Waals surface area contributed by atoms with Crippen LogP contribution in [-0.4, -0.2) is 28.9 Å². The van der Waals surface area contributed by atoms with Crippen molar-refractivity contribution in [2.45, 2.75) is 20.0 Å². The van der Waals surface area contributed by atoms with Gasteiger partial charge in [0.05, 0.1) is 12.0 Å². The molecule has 1 atom stereocenters. The van der Waals surface area contributed by atoms with E-state index in [9.17, 15) is 4.79 Å². The Hall–Kier alpha value is -2.32. The molecule has 1 N–H and O–H groups in total. The summed E-state index contributed by atoms with van der Waals surface area (Å²) >= 11 is 4.88. The third kappa shape index (κ3) is 3.31. The predicted octanol–water partition coefficient (Wildman–Crippen LogP) is 2.66. The Bertz CT molecular complexity index is 1120. The highest BCUT2D eigenvalue weighted by molar-refractivity contribution is 9.10. The molecule has 6 nitrogen and oxygen atoms in total. The van der Waals surface area contributed by atoms with Crippen molar-refractivity contribution in [3.63, 3.8) is 0 Å². The topological polar surface area (TPSA) is 66.3 Å². The van der Waals surface area contributed by atoms with E-state index in [1.807, 2.05) is 56.5 Å². The second-order valence-electron chi connectivity index (χ2n) is 6.38. The summed E-state index contributed by atoms with van der Waals surface area (Å²) in [6.45, 7) is 4.58. The van der Waals surface area contributed by atoms with Crippen molar-refractivity contribution in [1.29, 1.82) is 0 Å². The number of amides is 1. The van der Waals surface area contributed by atoms with Crippen molar-refractivity contribution in [3.05, 3.63) is 62.6 Å². The fourth-order valence-corrected chi connectivity index (χ4v) is 4.04. The van der Waals surface area contributed by atoms with Crippen LogP contribution in [-0.2, 0) is 4.79 Å². The number of hydrogen-bond donors (Lipinski definition) is 1. The van der Waals surface area contributed by atoms with Crippen LogP contribution >= 0.6 is 27.7 Å². The van der Waals surface area contributed by atoms with E-state index in [1.165, 1.54) is 11.8 Å². The Kier molecular flexibility index (Phi) is 5.16. The zero-order chi connectivity index (χ0) is 19.8. The molecule has 0 aliphatic carbocycles. The molecule has 0 bridgehead atoms. The fraction of sp³-hybridized carbons (Fsp3) is 0.250. The van der Waals surface area contributed by atoms with Crippen molar-refractivity contribution in [2.75, 3.05) is 12.9 Å². The minimum atomic E-state index is -0.425. The zero-order valence-electron chi connectivity index (χ0n) is 15.7. The lowest BCUT2D eigenvalue weighted by Gasteiger charge is -2.34. The number of rotatable bonds is 3. The lowest BCUT2D eigenvalue weighted by molar-refractivity contribution is -0.116. The second-order valence-corrected chi connectivity index (χ2v) is 8.09. The first kappa shape index (κ1) is 19.0. The summed E-state index contributed by atoms with van der Waals surface area (Å²) < 4.78 is 6.54. The van der Waals surface area contributed by atoms with Crippen LogP contribution in [0.1, 0.15) is 24.2 Å². The first-order valence-electron chi connectivity index (χ1n) is 8.86. The molecule has 2 aliphatic rings. The highest BCUT2D eigenvalue weighted by Gasteiger charge is 2.34. The number of nitrogens with one attached hydrogen (secondary N) is 1. The van der Waals surface area contributed by atoms with Gasteiger partial charge in [0.2, 0.25) is 0 Å². The highest BCUT2D eigenvalue weighted by atomic mass is 79.9. The van der Waals surface area contributed by atoms with Gasteiger partial charge in [-0.05, 0) is 61.6 Å². The van der Waals surface area contributed by atoms with E-state index in [-0.39, 0.29) is 5.91 Å². The van der Waals surface area contributed by atoms with E-state index in [1.54, 1.807) is 5.01 Å². The molecular formula is C20H19BrN4O2S. The van der Waals surface area contributed by atoms with Gasteiger partial charge in [-0.15, -0.1) is 5.10 Å². The fourth-order valence-electron chi connectivity index (χ4n) is 3.31. The summed E-state index contributed by atoms with van der Waals surface area (Å²) in [6.07, 6.45) is 1.46. The first-order chi connectivity index (χ1) is 13.5. The number of carbonyl (C=O) groups excluding carboxylic acids is 1. The molecule has 2 heterocycles. The third-order valence-corrected chi connectivity index (χ3v) is 5.62. The number of thioether (sulfide) groups is 1. The van der Waals surface area contributed by atoms with Crippen LogP contribution < -0.4 is 20.6 Å². The standard InChI is InChI=1S/C20H19BrN4O2S/c1-4-27-16-8-5-12(9-11(16)2)18-22-15-7-6-13(21)10-14(15)17-19(26)23-20(28-3)24-25(17)18/h5-10,18H,4H2,1-3H3,(H,23,24,26)/t18-/m1/s1. The van der Waals surface area contributed by atoms with E-state index < -0.39 is 6.17 Å². The zero-order valence-corrected chi connectivity index (χ0v) is 18.1. The Morgan fingerprint density at radius 3 is 2.82 bits per heavy atom. The number of halogens is 1. The van der Waals surface area contributed by atoms with Crippen LogP contribution in [0.2, 0.25) is 0 Å². The van der Waals surface area contributed by atoms with E-state index in [2.05, 4.69) is 26.3 Å². The van der Waals surface area contributed by atoms with Crippen LogP contribution in [0, 0.1) is 6.92 Å². The summed E-state index contributed by atoms with van der Waals surface area (Å²) in [5, 5.41) is 11.3. The summed E-state index contributed by atoms with van der Waals surface area (Å²) in [6, 6.07) is 11.7. The van der Waals surface area contributed by atoms with Gasteiger partial charge in [-0.2, -0.15) is 0 Å². The van der Waals surface area contributed by atoms with Gasteiger partial charge < -0.3 is 4.74 Å². The van der Waals surface area contributed by atoms with Crippen LogP contribution in [0.15, 0.2) is 51.0 Å². The van der Waals surface area contributed by atoms with E-state index in [0.717, 1.165) is 31.9 Å². The minimum absolute atomic E-state index is 0.179. The Morgan fingerprint density at radius 2 is 2.11 bits per heavy atom. The van der Waals surface area contributed by atoms with Crippen molar-refractivity contribution in [1.82, 2.24) is 10.3 Å². The molecule has 0 radical (unpaired) electrons. The van der Waals surface area contributed by atoms with Gasteiger partial charge in [0.25, 0.3) is 5.91 Å². The molecule has 0 saturated carbocycles. The van der Waals surface area contributed by atoms with E-state index >= 15 is 0 Å². The smallest absolute Gasteiger partial charge is 0.276 e. The molecule has 1 amide bonds. The largest absolute Gasteiger partial charge is 0.494 e. The van der Waals surface area contributed by atoms with Gasteiger partial charge >= 0.3 is 0 Å². The molecular weight excluding hydrogens is 440 g/mol. The summed E-state index contributed by atoms with van der Waals surface area (Å²) in [4.78, 5) is 17.8. The van der Waals surface area contributed by atoms with Crippen molar-refractivity contribution < 1.29 is 9.53 Å². The second kappa shape index (κ2) is 7.60. The molecule has 2 aromatic rings. The van der Waals surface area contributed by atoms with Gasteiger partial charge in [-0.1, -0.05) is 33.8 Å². The van der Waals surface area contributed by atoms with Crippen molar-refractivity contribution >= 4 is 44.5 Å². The predicted molar refractivity (Wildman–Crippen MR) is 114 cm³/mol. The SMILES string of the molecule is CCOc1ccc([C@@H]2N=c3ccc(Br)cc3=C3C(=O)NC(SC)=NN32)cc1C. The molecule has 0 unspecified atom stereocenters. The average Bonchev–Trinajstić information content (AvgIpc) is 2.68. The number of nitrogens with zero attached hydrogens (tertiary/aromatic N) is 3. The van der Waals surface area contributed by atoms with Gasteiger partial charge in [-0.3, -0.25) is 15.1 Å². The summed E-state index contributed by atoms with van der Waals surface area (Å²) in [7, 11) is 0. The average molecular weight is 459 g/mol. The number of fused-ring (bicyclic) bond motifs is 2. The molecule has 8 heteroatoms. The monoisotopic (exact) mass is 458 g/mol. The summed E-state index contributed by atoms with van der Waals surface area (Å²) in [5.41, 5.74) is 2.47. The number of hydrazone groups is 1. The molecule has 0 saturated heterocycles. The van der Waals surface area contributed by atoms with Crippen LogP contribution in [0.3, 0.4) is 0 Å². The number of hydrogen-bond acceptors (Lipinski definition) is 6. The maximum absolute atomic E-state index is 12.9. The number of carbonyl (C=O) groups is 1. The lowest BCUT2D eigenvalue weighted by atomic mass is 10.1. The number of aryl methyl sites for hydroxylation is 1. The number of ether oxygens (including phenoxy) is 1. The molecule has 144 valence electrons. The quantitative estimate of drug-likeness (QED) is 0.767. The maximum Gasteiger partial charge on any atom is 0.276 e. The van der Waals surface area contributed by atoms with E-state index in [0.29, 0.717) is 17.5 Å². The third-order valence-electron chi connectivity index (χ3n) is 4.56. The molecule has 0 fully saturated rings. The molecule has 0 spiro atoms.